The molecule has 1 unspecified atom stereocenters. The zero-order chi connectivity index (χ0) is 14.0. The zero-order valence-electron chi connectivity index (χ0n) is 10.6. The van der Waals surface area contributed by atoms with Gasteiger partial charge < -0.3 is 5.73 Å². The molecule has 0 amide bonds. The van der Waals surface area contributed by atoms with Crippen LogP contribution in [0.1, 0.15) is 22.7 Å². The Morgan fingerprint density at radius 2 is 2.11 bits per heavy atom. The van der Waals surface area contributed by atoms with E-state index in [0.29, 0.717) is 0 Å². The first kappa shape index (κ1) is 14.0. The normalized spacial score (nSPS) is 13.4. The van der Waals surface area contributed by atoms with Crippen molar-refractivity contribution in [3.8, 4) is 0 Å². The molecule has 7 heteroatoms. The van der Waals surface area contributed by atoms with Gasteiger partial charge in [0, 0.05) is 16.0 Å². The van der Waals surface area contributed by atoms with Crippen LogP contribution in [0.2, 0.25) is 0 Å². The number of hydrogen-bond acceptors (Lipinski definition) is 5. The molecule has 0 radical (unpaired) electrons. The highest BCUT2D eigenvalue weighted by molar-refractivity contribution is 7.89. The van der Waals surface area contributed by atoms with E-state index >= 15 is 0 Å². The number of sulfonamides is 1. The number of thiophene rings is 1. The van der Waals surface area contributed by atoms with E-state index in [-0.39, 0.29) is 16.8 Å². The van der Waals surface area contributed by atoms with Gasteiger partial charge in [0.05, 0.1) is 11.7 Å². The topological polar surface area (TPSA) is 85.1 Å². The Labute approximate surface area is 116 Å². The van der Waals surface area contributed by atoms with Crippen molar-refractivity contribution < 1.29 is 8.42 Å². The van der Waals surface area contributed by atoms with Crippen molar-refractivity contribution >= 4 is 27.0 Å². The maximum absolute atomic E-state index is 12.2. The van der Waals surface area contributed by atoms with Crippen LogP contribution < -0.4 is 10.5 Å². The van der Waals surface area contributed by atoms with Crippen molar-refractivity contribution in [3.05, 3.63) is 40.2 Å². The third-order valence-electron chi connectivity index (χ3n) is 2.57. The van der Waals surface area contributed by atoms with Crippen molar-refractivity contribution in [1.29, 1.82) is 0 Å². The molecule has 0 spiro atoms. The molecule has 2 aromatic heterocycles. The SMILES string of the molecule is Cc1ccc(C(C)NS(=O)(=O)c2ncccc2N)s1. The van der Waals surface area contributed by atoms with Crippen LogP contribution in [0.25, 0.3) is 0 Å². The largest absolute Gasteiger partial charge is 0.396 e. The van der Waals surface area contributed by atoms with Crippen molar-refractivity contribution in [3.63, 3.8) is 0 Å². The zero-order valence-corrected chi connectivity index (χ0v) is 12.3. The summed E-state index contributed by atoms with van der Waals surface area (Å²) in [5.41, 5.74) is 5.79. The lowest BCUT2D eigenvalue weighted by molar-refractivity contribution is 0.565. The molecule has 0 aromatic carbocycles. The predicted molar refractivity (Wildman–Crippen MR) is 76.4 cm³/mol. The summed E-state index contributed by atoms with van der Waals surface area (Å²) in [6, 6.07) is 6.67. The number of hydrogen-bond donors (Lipinski definition) is 2. The van der Waals surface area contributed by atoms with Crippen LogP contribution in [-0.2, 0) is 10.0 Å². The minimum atomic E-state index is -3.71. The molecule has 0 bridgehead atoms. The van der Waals surface area contributed by atoms with Gasteiger partial charge in [-0.2, -0.15) is 0 Å². The summed E-state index contributed by atoms with van der Waals surface area (Å²) in [6.07, 6.45) is 1.41. The Kier molecular flexibility index (Phi) is 3.88. The predicted octanol–water partition coefficient (Wildman–Crippen LogP) is 2.07. The molecular formula is C12H15N3O2S2. The van der Waals surface area contributed by atoms with Gasteiger partial charge in [-0.15, -0.1) is 11.3 Å². The highest BCUT2D eigenvalue weighted by Crippen LogP contribution is 2.24. The van der Waals surface area contributed by atoms with Crippen LogP contribution in [-0.4, -0.2) is 13.4 Å². The van der Waals surface area contributed by atoms with Crippen LogP contribution in [0.5, 0.6) is 0 Å². The van der Waals surface area contributed by atoms with E-state index in [9.17, 15) is 8.42 Å². The average molecular weight is 297 g/mol. The number of nitrogen functional groups attached to an aromatic ring is 1. The first-order chi connectivity index (χ1) is 8.90. The van der Waals surface area contributed by atoms with E-state index in [2.05, 4.69) is 9.71 Å². The van der Waals surface area contributed by atoms with E-state index in [1.54, 1.807) is 24.3 Å². The maximum atomic E-state index is 12.2. The van der Waals surface area contributed by atoms with Gasteiger partial charge in [-0.1, -0.05) is 0 Å². The van der Waals surface area contributed by atoms with Crippen molar-refractivity contribution in [2.45, 2.75) is 24.9 Å². The van der Waals surface area contributed by atoms with E-state index in [0.717, 1.165) is 9.75 Å². The standard InChI is InChI=1S/C12H15N3O2S2/c1-8-5-6-11(18-8)9(2)15-19(16,17)12-10(13)4-3-7-14-12/h3-7,9,15H,13H2,1-2H3. The molecule has 2 rings (SSSR count). The van der Waals surface area contributed by atoms with Crippen molar-refractivity contribution in [2.75, 3.05) is 5.73 Å². The number of anilines is 1. The van der Waals surface area contributed by atoms with Gasteiger partial charge in [0.1, 0.15) is 0 Å². The minimum Gasteiger partial charge on any atom is -0.396 e. The molecule has 2 heterocycles. The average Bonchev–Trinajstić information content (AvgIpc) is 2.76. The fraction of sp³-hybridized carbons (Fsp3) is 0.250. The van der Waals surface area contributed by atoms with Gasteiger partial charge in [0.25, 0.3) is 10.0 Å². The second-order valence-corrected chi connectivity index (χ2v) is 7.14. The Morgan fingerprint density at radius 1 is 1.37 bits per heavy atom. The second-order valence-electron chi connectivity index (χ2n) is 4.19. The van der Waals surface area contributed by atoms with E-state index in [1.165, 1.54) is 12.3 Å². The van der Waals surface area contributed by atoms with Gasteiger partial charge >= 0.3 is 0 Å². The van der Waals surface area contributed by atoms with E-state index in [4.69, 9.17) is 5.73 Å². The van der Waals surface area contributed by atoms with E-state index in [1.807, 2.05) is 19.1 Å². The smallest absolute Gasteiger partial charge is 0.260 e. The summed E-state index contributed by atoms with van der Waals surface area (Å²) in [4.78, 5) is 5.92. The number of pyridine rings is 1. The second kappa shape index (κ2) is 5.28. The highest BCUT2D eigenvalue weighted by atomic mass is 32.2. The molecule has 2 aromatic rings. The van der Waals surface area contributed by atoms with Gasteiger partial charge in [-0.25, -0.2) is 18.1 Å². The van der Waals surface area contributed by atoms with Crippen molar-refractivity contribution in [1.82, 2.24) is 9.71 Å². The molecule has 0 aliphatic carbocycles. The summed E-state index contributed by atoms with van der Waals surface area (Å²) in [5.74, 6) is 0. The molecule has 0 fully saturated rings. The molecule has 0 saturated carbocycles. The molecule has 5 nitrogen and oxygen atoms in total. The summed E-state index contributed by atoms with van der Waals surface area (Å²) in [5, 5.41) is -0.130. The fourth-order valence-corrected chi connectivity index (χ4v) is 3.90. The maximum Gasteiger partial charge on any atom is 0.260 e. The first-order valence-electron chi connectivity index (χ1n) is 5.69. The molecule has 0 aliphatic rings. The summed E-state index contributed by atoms with van der Waals surface area (Å²) >= 11 is 1.56. The Hall–Kier alpha value is -1.44. The Bertz CT molecular complexity index is 680. The number of nitrogens with zero attached hydrogens (tertiary/aromatic N) is 1. The Balaban J connectivity index is 2.25. The summed E-state index contributed by atoms with van der Waals surface area (Å²) in [7, 11) is -3.71. The number of aryl methyl sites for hydroxylation is 1. The molecule has 3 N–H and O–H groups in total. The monoisotopic (exact) mass is 297 g/mol. The van der Waals surface area contributed by atoms with Crippen LogP contribution in [0.4, 0.5) is 5.69 Å². The lowest BCUT2D eigenvalue weighted by Gasteiger charge is -2.13. The van der Waals surface area contributed by atoms with Crippen molar-refractivity contribution in [2.24, 2.45) is 0 Å². The summed E-state index contributed by atoms with van der Waals surface area (Å²) < 4.78 is 27.0. The number of nitrogens with one attached hydrogen (secondary N) is 1. The number of nitrogens with two attached hydrogens (primary N) is 1. The molecule has 0 saturated heterocycles. The molecule has 0 aliphatic heterocycles. The van der Waals surface area contributed by atoms with Gasteiger partial charge in [0.2, 0.25) is 0 Å². The quantitative estimate of drug-likeness (QED) is 0.904. The van der Waals surface area contributed by atoms with Gasteiger partial charge in [-0.3, -0.25) is 0 Å². The summed E-state index contributed by atoms with van der Waals surface area (Å²) in [6.45, 7) is 3.77. The van der Waals surface area contributed by atoms with Gasteiger partial charge in [-0.05, 0) is 38.1 Å². The van der Waals surface area contributed by atoms with Crippen LogP contribution in [0, 0.1) is 6.92 Å². The fourth-order valence-electron chi connectivity index (χ4n) is 1.66. The molecule has 19 heavy (non-hydrogen) atoms. The lowest BCUT2D eigenvalue weighted by Crippen LogP contribution is -2.27. The first-order valence-corrected chi connectivity index (χ1v) is 7.99. The Morgan fingerprint density at radius 3 is 2.68 bits per heavy atom. The molecule has 102 valence electrons. The minimum absolute atomic E-state index is 0.130. The molecule has 1 atom stereocenters. The lowest BCUT2D eigenvalue weighted by atomic mass is 10.3. The van der Waals surface area contributed by atoms with Crippen LogP contribution in [0.3, 0.4) is 0 Å². The van der Waals surface area contributed by atoms with E-state index < -0.39 is 10.0 Å². The molecular weight excluding hydrogens is 282 g/mol. The third-order valence-corrected chi connectivity index (χ3v) is 5.27. The number of rotatable bonds is 4. The van der Waals surface area contributed by atoms with Gasteiger partial charge in [0.15, 0.2) is 5.03 Å². The van der Waals surface area contributed by atoms with Crippen LogP contribution >= 0.6 is 11.3 Å². The third kappa shape index (κ3) is 3.12. The van der Waals surface area contributed by atoms with Crippen LogP contribution in [0.15, 0.2) is 35.5 Å². The highest BCUT2D eigenvalue weighted by Gasteiger charge is 2.22. The number of aromatic nitrogens is 1.